The third kappa shape index (κ3) is 3.84. The molecule has 0 amide bonds. The summed E-state index contributed by atoms with van der Waals surface area (Å²) in [4.78, 5) is 26.0. The monoisotopic (exact) mass is 384 g/mol. The average molecular weight is 384 g/mol. The standard InChI is InChI=1S/C23H28O5/c1-22(2)9-15(25)20(16(26)10-22)19(13-5-7-14(24)8-6-13)21-17(27)11-23(3,4)12-18(21)28/h5-8,19,24-25,27H,9-12H2,1-4H3. The zero-order valence-electron chi connectivity index (χ0n) is 16.9. The van der Waals surface area contributed by atoms with E-state index in [-0.39, 0.29) is 63.7 Å². The minimum Gasteiger partial charge on any atom is -0.512 e. The van der Waals surface area contributed by atoms with Crippen LogP contribution in [0, 0.1) is 10.8 Å². The maximum absolute atomic E-state index is 13.0. The number of aliphatic hydroxyl groups is 2. The third-order valence-corrected chi connectivity index (χ3v) is 5.60. The SMILES string of the molecule is CC1(C)CC(=O)C(C(C2=C(O)CC(C)(C)CC2=O)c2ccc(O)cc2)=C(O)C1. The number of aromatic hydroxyl groups is 1. The van der Waals surface area contributed by atoms with Crippen LogP contribution in [0.15, 0.2) is 46.9 Å². The lowest BCUT2D eigenvalue weighted by atomic mass is 9.67. The van der Waals surface area contributed by atoms with Gasteiger partial charge in [-0.25, -0.2) is 0 Å². The summed E-state index contributed by atoms with van der Waals surface area (Å²) in [6.45, 7) is 7.66. The summed E-state index contributed by atoms with van der Waals surface area (Å²) in [6.07, 6.45) is 1.18. The maximum Gasteiger partial charge on any atom is 0.163 e. The van der Waals surface area contributed by atoms with Crippen molar-refractivity contribution in [3.05, 3.63) is 52.5 Å². The summed E-state index contributed by atoms with van der Waals surface area (Å²) >= 11 is 0. The van der Waals surface area contributed by atoms with Gasteiger partial charge in [0.1, 0.15) is 17.3 Å². The summed E-state index contributed by atoms with van der Waals surface area (Å²) in [7, 11) is 0. The lowest BCUT2D eigenvalue weighted by Gasteiger charge is -2.36. The van der Waals surface area contributed by atoms with Crippen LogP contribution in [-0.2, 0) is 9.59 Å². The summed E-state index contributed by atoms with van der Waals surface area (Å²) < 4.78 is 0. The Hall–Kier alpha value is -2.56. The van der Waals surface area contributed by atoms with E-state index in [9.17, 15) is 24.9 Å². The number of carbonyl (C=O) groups excluding carboxylic acids is 2. The lowest BCUT2D eigenvalue weighted by molar-refractivity contribution is -0.119. The minimum absolute atomic E-state index is 0.0303. The number of Topliss-reactive ketones (excluding diaryl/α,β-unsaturated/α-hetero) is 2. The van der Waals surface area contributed by atoms with Crippen LogP contribution in [0.4, 0.5) is 0 Å². The molecular formula is C23H28O5. The van der Waals surface area contributed by atoms with E-state index in [4.69, 9.17) is 0 Å². The highest BCUT2D eigenvalue weighted by Crippen LogP contribution is 2.47. The summed E-state index contributed by atoms with van der Waals surface area (Å²) in [6, 6.07) is 6.21. The van der Waals surface area contributed by atoms with Crippen molar-refractivity contribution in [2.24, 2.45) is 10.8 Å². The quantitative estimate of drug-likeness (QED) is 0.690. The van der Waals surface area contributed by atoms with Gasteiger partial charge in [-0.2, -0.15) is 0 Å². The molecule has 2 aliphatic rings. The van der Waals surface area contributed by atoms with Crippen molar-refractivity contribution in [3.63, 3.8) is 0 Å². The zero-order chi connectivity index (χ0) is 20.9. The highest BCUT2D eigenvalue weighted by Gasteiger charge is 2.43. The number of hydrogen-bond acceptors (Lipinski definition) is 5. The predicted molar refractivity (Wildman–Crippen MR) is 106 cm³/mol. The molecule has 1 aromatic carbocycles. The van der Waals surface area contributed by atoms with Crippen molar-refractivity contribution in [1.82, 2.24) is 0 Å². The van der Waals surface area contributed by atoms with E-state index in [1.807, 2.05) is 27.7 Å². The van der Waals surface area contributed by atoms with E-state index in [2.05, 4.69) is 0 Å². The number of phenols is 1. The zero-order valence-corrected chi connectivity index (χ0v) is 16.9. The van der Waals surface area contributed by atoms with Gasteiger partial charge in [-0.1, -0.05) is 39.8 Å². The molecule has 5 nitrogen and oxygen atoms in total. The highest BCUT2D eigenvalue weighted by molar-refractivity contribution is 6.05. The minimum atomic E-state index is -0.840. The second-order valence-corrected chi connectivity index (χ2v) is 9.63. The van der Waals surface area contributed by atoms with Gasteiger partial charge >= 0.3 is 0 Å². The lowest BCUT2D eigenvalue weighted by Crippen LogP contribution is -2.33. The van der Waals surface area contributed by atoms with E-state index in [0.29, 0.717) is 18.4 Å². The van der Waals surface area contributed by atoms with Crippen molar-refractivity contribution in [3.8, 4) is 5.75 Å². The van der Waals surface area contributed by atoms with Gasteiger partial charge in [0.2, 0.25) is 0 Å². The molecule has 3 rings (SSSR count). The van der Waals surface area contributed by atoms with E-state index < -0.39 is 5.92 Å². The Kier molecular flexibility index (Phi) is 4.90. The first kappa shape index (κ1) is 20.2. The van der Waals surface area contributed by atoms with E-state index in [0.717, 1.165) is 0 Å². The fourth-order valence-corrected chi connectivity index (χ4v) is 4.40. The molecule has 0 saturated carbocycles. The molecule has 0 saturated heterocycles. The fraction of sp³-hybridized carbons (Fsp3) is 0.478. The van der Waals surface area contributed by atoms with E-state index >= 15 is 0 Å². The number of rotatable bonds is 3. The Morgan fingerprint density at radius 3 is 1.46 bits per heavy atom. The molecule has 0 fully saturated rings. The molecule has 0 spiro atoms. The molecule has 5 heteroatoms. The van der Waals surface area contributed by atoms with Crippen molar-refractivity contribution in [2.45, 2.75) is 59.3 Å². The first-order valence-corrected chi connectivity index (χ1v) is 9.59. The molecule has 0 aromatic heterocycles. The van der Waals surface area contributed by atoms with Gasteiger partial charge in [0.15, 0.2) is 11.6 Å². The molecule has 0 atom stereocenters. The van der Waals surface area contributed by atoms with Gasteiger partial charge in [-0.05, 0) is 28.5 Å². The Morgan fingerprint density at radius 1 is 0.714 bits per heavy atom. The molecule has 0 unspecified atom stereocenters. The fourth-order valence-electron chi connectivity index (χ4n) is 4.40. The predicted octanol–water partition coefficient (Wildman–Crippen LogP) is 4.88. The van der Waals surface area contributed by atoms with Gasteiger partial charge < -0.3 is 15.3 Å². The molecule has 1 aromatic rings. The maximum atomic E-state index is 13.0. The second-order valence-electron chi connectivity index (χ2n) is 9.63. The second kappa shape index (κ2) is 6.80. The number of carbonyl (C=O) groups is 2. The Bertz CT molecular complexity index is 832. The first-order chi connectivity index (χ1) is 12.9. The normalized spacial score (nSPS) is 22.2. The topological polar surface area (TPSA) is 94.8 Å². The summed E-state index contributed by atoms with van der Waals surface area (Å²) in [5, 5.41) is 31.2. The van der Waals surface area contributed by atoms with Crippen molar-refractivity contribution in [1.29, 1.82) is 0 Å². The Labute approximate surface area is 165 Å². The number of hydrogen-bond donors (Lipinski definition) is 3. The van der Waals surface area contributed by atoms with Crippen LogP contribution in [0.2, 0.25) is 0 Å². The molecular weight excluding hydrogens is 356 g/mol. The molecule has 0 bridgehead atoms. The van der Waals surface area contributed by atoms with Gasteiger partial charge in [0.05, 0.1) is 0 Å². The molecule has 0 heterocycles. The molecule has 2 aliphatic carbocycles. The highest BCUT2D eigenvalue weighted by atomic mass is 16.3. The Balaban J connectivity index is 2.22. The summed E-state index contributed by atoms with van der Waals surface area (Å²) in [5.74, 6) is -1.28. The number of benzene rings is 1. The van der Waals surface area contributed by atoms with Gasteiger partial charge in [0, 0.05) is 42.7 Å². The van der Waals surface area contributed by atoms with Crippen molar-refractivity contribution in [2.75, 3.05) is 0 Å². The largest absolute Gasteiger partial charge is 0.512 e. The van der Waals surface area contributed by atoms with Crippen LogP contribution >= 0.6 is 0 Å². The number of aliphatic hydroxyl groups excluding tert-OH is 2. The van der Waals surface area contributed by atoms with Crippen LogP contribution in [0.3, 0.4) is 0 Å². The first-order valence-electron chi connectivity index (χ1n) is 9.59. The third-order valence-electron chi connectivity index (χ3n) is 5.60. The van der Waals surface area contributed by atoms with Crippen LogP contribution in [-0.4, -0.2) is 26.9 Å². The van der Waals surface area contributed by atoms with E-state index in [1.54, 1.807) is 12.1 Å². The number of phenolic OH excluding ortho intramolecular Hbond substituents is 1. The van der Waals surface area contributed by atoms with Crippen LogP contribution in [0.1, 0.15) is 64.9 Å². The van der Waals surface area contributed by atoms with Crippen molar-refractivity contribution < 1.29 is 24.9 Å². The van der Waals surface area contributed by atoms with Crippen LogP contribution < -0.4 is 0 Å². The molecule has 28 heavy (non-hydrogen) atoms. The summed E-state index contributed by atoms with van der Waals surface area (Å²) in [5.41, 5.74) is 0.222. The number of allylic oxidation sites excluding steroid dienone is 4. The van der Waals surface area contributed by atoms with Crippen molar-refractivity contribution >= 4 is 11.6 Å². The van der Waals surface area contributed by atoms with Gasteiger partial charge in [0.25, 0.3) is 0 Å². The molecule has 0 radical (unpaired) electrons. The van der Waals surface area contributed by atoms with Crippen LogP contribution in [0.5, 0.6) is 5.75 Å². The Morgan fingerprint density at radius 2 is 1.11 bits per heavy atom. The van der Waals surface area contributed by atoms with Crippen LogP contribution in [0.25, 0.3) is 0 Å². The van der Waals surface area contributed by atoms with Gasteiger partial charge in [-0.15, -0.1) is 0 Å². The molecule has 3 N–H and O–H groups in total. The smallest absolute Gasteiger partial charge is 0.163 e. The molecule has 0 aliphatic heterocycles. The molecule has 150 valence electrons. The van der Waals surface area contributed by atoms with Gasteiger partial charge in [-0.3, -0.25) is 9.59 Å². The number of ketones is 2. The van der Waals surface area contributed by atoms with E-state index in [1.165, 1.54) is 12.1 Å². The average Bonchev–Trinajstić information content (AvgIpc) is 2.50.